The van der Waals surface area contributed by atoms with Crippen LogP contribution in [0.2, 0.25) is 0 Å². The molecular formula is C32H60N6O6. The topological polar surface area (TPSA) is 171 Å². The number of hydrogen-bond donors (Lipinski definition) is 4. The molecule has 6 amide bonds. The van der Waals surface area contributed by atoms with Gasteiger partial charge in [0.2, 0.25) is 23.5 Å². The monoisotopic (exact) mass is 624 g/mol. The fraction of sp³-hybridized carbons (Fsp3) is 0.812. The highest BCUT2D eigenvalue weighted by molar-refractivity contribution is 6.37. The van der Waals surface area contributed by atoms with E-state index < -0.39 is 59.1 Å². The first-order valence-corrected chi connectivity index (χ1v) is 16.0. The number of hydrogen-bond acceptors (Lipinski definition) is 6. The van der Waals surface area contributed by atoms with Gasteiger partial charge in [-0.15, -0.1) is 0 Å². The van der Waals surface area contributed by atoms with Gasteiger partial charge in [-0.25, -0.2) is 4.79 Å². The van der Waals surface area contributed by atoms with Gasteiger partial charge in [0, 0.05) is 20.6 Å². The molecule has 4 atom stereocenters. The van der Waals surface area contributed by atoms with Crippen molar-refractivity contribution in [2.45, 2.75) is 131 Å². The largest absolute Gasteiger partial charge is 0.363 e. The van der Waals surface area contributed by atoms with Gasteiger partial charge in [0.15, 0.2) is 0 Å². The Morgan fingerprint density at radius 2 is 1.41 bits per heavy atom. The van der Waals surface area contributed by atoms with E-state index in [4.69, 9.17) is 5.73 Å². The van der Waals surface area contributed by atoms with E-state index in [0.717, 1.165) is 25.2 Å². The number of nitrogens with one attached hydrogen (secondary N) is 3. The highest BCUT2D eigenvalue weighted by Gasteiger charge is 2.43. The third-order valence-electron chi connectivity index (χ3n) is 7.06. The summed E-state index contributed by atoms with van der Waals surface area (Å²) in [4.78, 5) is 78.3. The minimum Gasteiger partial charge on any atom is -0.363 e. The number of ketones is 1. The zero-order valence-electron chi connectivity index (χ0n) is 29.0. The lowest BCUT2D eigenvalue weighted by Gasteiger charge is -2.36. The first kappa shape index (κ1) is 40.8. The number of likely N-dealkylation sites (N-methyl/N-ethyl adjacent to an activating group) is 1. The average molecular weight is 625 g/mol. The molecule has 0 aromatic rings. The molecule has 0 aromatic carbocycles. The number of rotatable bonds is 10. The van der Waals surface area contributed by atoms with Crippen molar-refractivity contribution in [3.05, 3.63) is 0 Å². The molecule has 1 heterocycles. The van der Waals surface area contributed by atoms with Gasteiger partial charge in [0.05, 0.1) is 6.04 Å². The van der Waals surface area contributed by atoms with Crippen molar-refractivity contribution in [2.24, 2.45) is 23.0 Å². The molecule has 0 aromatic heterocycles. The maximum Gasteiger partial charge on any atom is 0.316 e. The fourth-order valence-electron chi connectivity index (χ4n) is 4.67. The van der Waals surface area contributed by atoms with Gasteiger partial charge in [0.1, 0.15) is 18.1 Å². The van der Waals surface area contributed by atoms with E-state index >= 15 is 0 Å². The second-order valence-corrected chi connectivity index (χ2v) is 13.8. The summed E-state index contributed by atoms with van der Waals surface area (Å²) in [6.45, 7) is 18.0. The molecule has 12 heteroatoms. The molecule has 1 aliphatic heterocycles. The minimum absolute atomic E-state index is 0.240. The number of amides is 6. The number of nitrogens with two attached hydrogens (primary N) is 1. The molecule has 1 saturated heterocycles. The summed E-state index contributed by atoms with van der Waals surface area (Å²) in [5.74, 6) is -2.13. The van der Waals surface area contributed by atoms with Crippen molar-refractivity contribution in [3.63, 3.8) is 0 Å². The van der Waals surface area contributed by atoms with Crippen LogP contribution in [-0.4, -0.2) is 90.1 Å². The summed E-state index contributed by atoms with van der Waals surface area (Å²) < 4.78 is 0. The Kier molecular flexibility index (Phi) is 17.9. The van der Waals surface area contributed by atoms with Crippen LogP contribution in [0.1, 0.15) is 107 Å². The molecule has 12 nitrogen and oxygen atoms in total. The molecular weight excluding hydrogens is 564 g/mol. The van der Waals surface area contributed by atoms with Gasteiger partial charge in [0.25, 0.3) is 5.91 Å². The number of primary amides is 1. The van der Waals surface area contributed by atoms with Gasteiger partial charge in [-0.1, -0.05) is 81.1 Å². The van der Waals surface area contributed by atoms with E-state index in [0.29, 0.717) is 25.8 Å². The summed E-state index contributed by atoms with van der Waals surface area (Å²) in [6.07, 6.45) is 5.43. The zero-order chi connectivity index (χ0) is 34.4. The second-order valence-electron chi connectivity index (χ2n) is 13.8. The van der Waals surface area contributed by atoms with Crippen molar-refractivity contribution >= 4 is 35.4 Å². The lowest BCUT2D eigenvalue weighted by Crippen LogP contribution is -2.61. The molecule has 0 spiro atoms. The number of nitrogens with zero attached hydrogens (tertiary/aromatic N) is 2. The van der Waals surface area contributed by atoms with Crippen LogP contribution in [-0.2, 0) is 24.0 Å². The fourth-order valence-corrected chi connectivity index (χ4v) is 4.67. The molecule has 2 fully saturated rings. The molecule has 0 bridgehead atoms. The molecule has 254 valence electrons. The lowest BCUT2D eigenvalue weighted by molar-refractivity contribution is -0.143. The van der Waals surface area contributed by atoms with Gasteiger partial charge >= 0.3 is 6.03 Å². The molecule has 2 rings (SSSR count). The zero-order valence-corrected chi connectivity index (χ0v) is 29.0. The van der Waals surface area contributed by atoms with Gasteiger partial charge < -0.3 is 31.5 Å². The van der Waals surface area contributed by atoms with E-state index in [-0.39, 0.29) is 11.8 Å². The molecule has 1 aliphatic carbocycles. The van der Waals surface area contributed by atoms with Crippen LogP contribution in [0.4, 0.5) is 4.79 Å². The average Bonchev–Trinajstić information content (AvgIpc) is 3.36. The van der Waals surface area contributed by atoms with Crippen LogP contribution in [0, 0.1) is 17.3 Å². The normalized spacial score (nSPS) is 18.2. The van der Waals surface area contributed by atoms with Crippen molar-refractivity contribution in [3.8, 4) is 0 Å². The predicted octanol–water partition coefficient (Wildman–Crippen LogP) is 2.98. The van der Waals surface area contributed by atoms with E-state index in [9.17, 15) is 28.8 Å². The standard InChI is InChI=1S/C25H42N6O6.C4H10.C3H8/c1-14(22(35)30(5)6)27-24(37)29-19(25(2,3)4)23(36)31-12-8-11-17(31)21(34)28-16(18(32)20(26)33)13-15-9-7-10-15;1-4(2)3;1-3-2/h14-17,19H,7-13H2,1-6H3,(H2,26,33)(H,28,34)(H2,27,29,37);4H,1-3H3;3H2,1-2H3/t14?,16?,17-,19?;;/m0../s1. The third kappa shape index (κ3) is 14.1. The van der Waals surface area contributed by atoms with Crippen molar-refractivity contribution < 1.29 is 28.8 Å². The number of carbonyl (C=O) groups excluding carboxylic acids is 6. The van der Waals surface area contributed by atoms with Crippen molar-refractivity contribution in [2.75, 3.05) is 20.6 Å². The SMILES string of the molecule is CC(C)C.CC(NC(=O)NC(C(=O)N1CCC[C@H]1C(=O)NC(CC1CCC1)C(=O)C(N)=O)C(C)(C)C)C(=O)N(C)C.CCC. The Morgan fingerprint density at radius 3 is 1.82 bits per heavy atom. The van der Waals surface area contributed by atoms with E-state index in [1.807, 2.05) is 0 Å². The number of carbonyl (C=O) groups is 6. The maximum atomic E-state index is 13.6. The summed E-state index contributed by atoms with van der Waals surface area (Å²) in [5, 5.41) is 7.89. The van der Waals surface area contributed by atoms with Crippen LogP contribution < -0.4 is 21.7 Å². The van der Waals surface area contributed by atoms with E-state index in [2.05, 4.69) is 50.6 Å². The molecule has 1 saturated carbocycles. The predicted molar refractivity (Wildman–Crippen MR) is 172 cm³/mol. The Balaban J connectivity index is 0.00000239. The Bertz CT molecular complexity index is 970. The minimum atomic E-state index is -1.10. The number of urea groups is 1. The van der Waals surface area contributed by atoms with Crippen LogP contribution >= 0.6 is 0 Å². The Morgan fingerprint density at radius 1 is 0.886 bits per heavy atom. The Hall–Kier alpha value is -3.18. The van der Waals surface area contributed by atoms with Crippen LogP contribution in [0.3, 0.4) is 0 Å². The smallest absolute Gasteiger partial charge is 0.316 e. The summed E-state index contributed by atoms with van der Waals surface area (Å²) in [5.41, 5.74) is 4.50. The van der Waals surface area contributed by atoms with Gasteiger partial charge in [-0.05, 0) is 43.4 Å². The van der Waals surface area contributed by atoms with Crippen molar-refractivity contribution in [1.29, 1.82) is 0 Å². The third-order valence-corrected chi connectivity index (χ3v) is 7.06. The second kappa shape index (κ2) is 19.3. The highest BCUT2D eigenvalue weighted by atomic mass is 16.2. The van der Waals surface area contributed by atoms with Crippen LogP contribution in [0.15, 0.2) is 0 Å². The van der Waals surface area contributed by atoms with Crippen LogP contribution in [0.5, 0.6) is 0 Å². The van der Waals surface area contributed by atoms with Gasteiger partial charge in [-0.3, -0.25) is 24.0 Å². The molecule has 0 radical (unpaired) electrons. The van der Waals surface area contributed by atoms with Gasteiger partial charge in [-0.2, -0.15) is 0 Å². The van der Waals surface area contributed by atoms with E-state index in [1.165, 1.54) is 16.2 Å². The lowest BCUT2D eigenvalue weighted by atomic mass is 9.80. The molecule has 44 heavy (non-hydrogen) atoms. The van der Waals surface area contributed by atoms with Crippen LogP contribution in [0.25, 0.3) is 0 Å². The maximum absolute atomic E-state index is 13.6. The summed E-state index contributed by atoms with van der Waals surface area (Å²) >= 11 is 0. The number of likely N-dealkylation sites (tertiary alicyclic amines) is 1. The first-order chi connectivity index (χ1) is 20.3. The molecule has 2 aliphatic rings. The molecule has 3 unspecified atom stereocenters. The first-order valence-electron chi connectivity index (χ1n) is 16.0. The van der Waals surface area contributed by atoms with E-state index in [1.54, 1.807) is 41.8 Å². The number of Topliss-reactive ketones (excluding diaryl/α,β-unsaturated/α-hetero) is 1. The quantitative estimate of drug-likeness (QED) is 0.272. The summed E-state index contributed by atoms with van der Waals surface area (Å²) in [7, 11) is 3.15. The highest BCUT2D eigenvalue weighted by Crippen LogP contribution is 2.31. The summed E-state index contributed by atoms with van der Waals surface area (Å²) in [6, 6.07) is -4.33. The molecule has 5 N–H and O–H groups in total. The van der Waals surface area contributed by atoms with Crippen molar-refractivity contribution in [1.82, 2.24) is 25.8 Å². The Labute approximate surface area is 265 Å².